The molecule has 34 heavy (non-hydrogen) atoms. The lowest BCUT2D eigenvalue weighted by Gasteiger charge is -2.35. The van der Waals surface area contributed by atoms with E-state index >= 15 is 0 Å². The van der Waals surface area contributed by atoms with Gasteiger partial charge in [0.05, 0.1) is 18.6 Å². The number of rotatable bonds is 8. The van der Waals surface area contributed by atoms with E-state index < -0.39 is 12.4 Å². The van der Waals surface area contributed by atoms with E-state index in [0.717, 1.165) is 32.5 Å². The molecule has 194 valence electrons. The maximum Gasteiger partial charge on any atom is 0.511 e. The fourth-order valence-electron chi connectivity index (χ4n) is 4.86. The summed E-state index contributed by atoms with van der Waals surface area (Å²) < 4.78 is 20.9. The highest BCUT2D eigenvalue weighted by Crippen LogP contribution is 2.26. The van der Waals surface area contributed by atoms with Gasteiger partial charge in [0.15, 0.2) is 0 Å². The molecule has 3 rings (SSSR count). The fourth-order valence-corrected chi connectivity index (χ4v) is 4.86. The lowest BCUT2D eigenvalue weighted by molar-refractivity contribution is -0.173. The monoisotopic (exact) mass is 483 g/mol. The summed E-state index contributed by atoms with van der Waals surface area (Å²) >= 11 is 0. The number of nitrogens with one attached hydrogen (secondary N) is 2. The molecule has 0 radical (unpaired) electrons. The maximum absolute atomic E-state index is 12.7. The number of ether oxygens (including phenoxy) is 4. The van der Waals surface area contributed by atoms with Crippen LogP contribution in [0.4, 0.5) is 9.59 Å². The molecule has 0 aromatic heterocycles. The molecule has 1 saturated carbocycles. The minimum absolute atomic E-state index is 0.0284. The highest BCUT2D eigenvalue weighted by molar-refractivity contribution is 5.75. The van der Waals surface area contributed by atoms with E-state index in [1.165, 1.54) is 19.8 Å². The second-order valence-electron chi connectivity index (χ2n) is 9.52. The molecular formula is C24H41N3O7. The van der Waals surface area contributed by atoms with E-state index in [9.17, 15) is 14.4 Å². The van der Waals surface area contributed by atoms with Crippen LogP contribution in [-0.2, 0) is 23.7 Å². The minimum atomic E-state index is -0.990. The first kappa shape index (κ1) is 26.5. The van der Waals surface area contributed by atoms with Crippen LogP contribution in [-0.4, -0.2) is 80.9 Å². The summed E-state index contributed by atoms with van der Waals surface area (Å²) in [6.45, 7) is 7.77. The molecule has 2 heterocycles. The van der Waals surface area contributed by atoms with Gasteiger partial charge in [-0.15, -0.1) is 0 Å². The predicted molar refractivity (Wildman–Crippen MR) is 124 cm³/mol. The van der Waals surface area contributed by atoms with Gasteiger partial charge in [-0.1, -0.05) is 0 Å². The molecule has 2 aliphatic heterocycles. The van der Waals surface area contributed by atoms with Crippen molar-refractivity contribution < 1.29 is 33.3 Å². The Balaban J connectivity index is 1.29. The van der Waals surface area contributed by atoms with Crippen molar-refractivity contribution in [2.75, 3.05) is 39.4 Å². The first-order valence-electron chi connectivity index (χ1n) is 12.9. The second-order valence-corrected chi connectivity index (χ2v) is 9.52. The van der Waals surface area contributed by atoms with E-state index in [1.807, 2.05) is 4.90 Å². The van der Waals surface area contributed by atoms with Gasteiger partial charge in [0, 0.05) is 32.7 Å². The lowest BCUT2D eigenvalue weighted by atomic mass is 9.86. The summed E-state index contributed by atoms with van der Waals surface area (Å²) in [6, 6.07) is 0.0259. The first-order chi connectivity index (χ1) is 16.4. The number of piperidine rings is 2. The summed E-state index contributed by atoms with van der Waals surface area (Å²) in [4.78, 5) is 38.2. The van der Waals surface area contributed by atoms with E-state index in [4.69, 9.17) is 14.2 Å². The first-order valence-corrected chi connectivity index (χ1v) is 12.9. The van der Waals surface area contributed by atoms with Crippen LogP contribution in [0.3, 0.4) is 0 Å². The van der Waals surface area contributed by atoms with Gasteiger partial charge >= 0.3 is 18.2 Å². The van der Waals surface area contributed by atoms with E-state index in [-0.39, 0.29) is 36.7 Å². The number of urea groups is 1. The fraction of sp³-hybridized carbons (Fsp3) is 0.875. The van der Waals surface area contributed by atoms with Gasteiger partial charge in [-0.2, -0.15) is 0 Å². The molecule has 2 amide bonds. The molecule has 3 fully saturated rings. The van der Waals surface area contributed by atoms with Gasteiger partial charge in [-0.05, 0) is 77.3 Å². The van der Waals surface area contributed by atoms with Crippen molar-refractivity contribution >= 4 is 18.2 Å². The van der Waals surface area contributed by atoms with Crippen molar-refractivity contribution in [3.05, 3.63) is 0 Å². The highest BCUT2D eigenvalue weighted by Gasteiger charge is 2.31. The van der Waals surface area contributed by atoms with Crippen LogP contribution in [0, 0.1) is 11.8 Å². The van der Waals surface area contributed by atoms with Crippen LogP contribution in [0.15, 0.2) is 0 Å². The van der Waals surface area contributed by atoms with E-state index in [1.54, 1.807) is 6.92 Å². The molecule has 2 N–H and O–H groups in total. The highest BCUT2D eigenvalue weighted by atomic mass is 16.8. The number of hydrogen-bond acceptors (Lipinski definition) is 8. The number of hydrogen-bond donors (Lipinski definition) is 2. The average Bonchev–Trinajstić information content (AvgIpc) is 2.84. The van der Waals surface area contributed by atoms with Crippen LogP contribution in [0.5, 0.6) is 0 Å². The number of amides is 2. The number of carbonyl (C=O) groups excluding carboxylic acids is 3. The molecular weight excluding hydrogens is 442 g/mol. The third kappa shape index (κ3) is 8.61. The Morgan fingerprint density at radius 1 is 0.971 bits per heavy atom. The Morgan fingerprint density at radius 3 is 2.29 bits per heavy atom. The molecule has 1 atom stereocenters. The number of esters is 1. The van der Waals surface area contributed by atoms with Crippen molar-refractivity contribution in [2.24, 2.45) is 11.8 Å². The smallest absolute Gasteiger partial charge is 0.435 e. The van der Waals surface area contributed by atoms with Crippen molar-refractivity contribution in [3.8, 4) is 0 Å². The summed E-state index contributed by atoms with van der Waals surface area (Å²) in [6.07, 6.45) is 5.21. The summed E-state index contributed by atoms with van der Waals surface area (Å²) in [5.74, 6) is 0.0191. The molecule has 1 aliphatic carbocycles. The minimum Gasteiger partial charge on any atom is -0.435 e. The van der Waals surface area contributed by atoms with Crippen LogP contribution >= 0.6 is 0 Å². The molecule has 3 aliphatic rings. The van der Waals surface area contributed by atoms with Crippen molar-refractivity contribution in [2.45, 2.75) is 83.6 Å². The Morgan fingerprint density at radius 2 is 1.65 bits per heavy atom. The Hall–Kier alpha value is -2.07. The molecule has 0 aromatic rings. The number of likely N-dealkylation sites (tertiary alicyclic amines) is 1. The number of carbonyl (C=O) groups is 3. The van der Waals surface area contributed by atoms with Crippen LogP contribution in [0.2, 0.25) is 0 Å². The van der Waals surface area contributed by atoms with Gasteiger partial charge in [0.1, 0.15) is 0 Å². The van der Waals surface area contributed by atoms with E-state index in [2.05, 4.69) is 15.4 Å². The molecule has 0 bridgehead atoms. The van der Waals surface area contributed by atoms with Crippen LogP contribution in [0.1, 0.15) is 65.2 Å². The van der Waals surface area contributed by atoms with E-state index in [0.29, 0.717) is 44.7 Å². The zero-order valence-corrected chi connectivity index (χ0v) is 20.6. The van der Waals surface area contributed by atoms with Gasteiger partial charge in [-0.3, -0.25) is 4.79 Å². The normalized spacial score (nSPS) is 25.3. The average molecular weight is 484 g/mol. The Kier molecular flexibility index (Phi) is 10.7. The maximum atomic E-state index is 12.7. The molecule has 0 spiro atoms. The SMILES string of the molecule is CCOC(=O)OC(C)OC(=O)C1CCC(NC(=O)N2CCC(OCC3CCNCC3)CC2)CC1. The molecule has 10 nitrogen and oxygen atoms in total. The van der Waals surface area contributed by atoms with Crippen molar-refractivity contribution in [3.63, 3.8) is 0 Å². The van der Waals surface area contributed by atoms with Crippen molar-refractivity contribution in [1.29, 1.82) is 0 Å². The summed E-state index contributed by atoms with van der Waals surface area (Å²) in [5, 5.41) is 6.51. The standard InChI is InChI=1S/C24H41N3O7/c1-3-31-24(30)34-17(2)33-22(28)19-4-6-20(7-5-19)26-23(29)27-14-10-21(11-15-27)32-16-18-8-12-25-13-9-18/h17-21,25H,3-16H2,1-2H3,(H,26,29). The van der Waals surface area contributed by atoms with Gasteiger partial charge in [0.25, 0.3) is 0 Å². The molecule has 0 aromatic carbocycles. The molecule has 2 saturated heterocycles. The lowest BCUT2D eigenvalue weighted by Crippen LogP contribution is -2.50. The molecule has 1 unspecified atom stereocenters. The van der Waals surface area contributed by atoms with Gasteiger partial charge in [0.2, 0.25) is 6.29 Å². The number of nitrogens with zero attached hydrogens (tertiary/aromatic N) is 1. The Labute approximate surface area is 202 Å². The Bertz CT molecular complexity index is 655. The summed E-state index contributed by atoms with van der Waals surface area (Å²) in [5.41, 5.74) is 0. The van der Waals surface area contributed by atoms with Gasteiger partial charge < -0.3 is 34.5 Å². The van der Waals surface area contributed by atoms with Crippen LogP contribution in [0.25, 0.3) is 0 Å². The quantitative estimate of drug-likeness (QED) is 0.400. The molecule has 10 heteroatoms. The van der Waals surface area contributed by atoms with Crippen molar-refractivity contribution in [1.82, 2.24) is 15.5 Å². The third-order valence-corrected chi connectivity index (χ3v) is 6.95. The van der Waals surface area contributed by atoms with Gasteiger partial charge in [-0.25, -0.2) is 9.59 Å². The summed E-state index contributed by atoms with van der Waals surface area (Å²) in [7, 11) is 0. The largest absolute Gasteiger partial charge is 0.511 e. The second kappa shape index (κ2) is 13.7. The zero-order valence-electron chi connectivity index (χ0n) is 20.6. The topological polar surface area (TPSA) is 115 Å². The zero-order chi connectivity index (χ0) is 24.3. The predicted octanol–water partition coefficient (Wildman–Crippen LogP) is 2.80. The van der Waals surface area contributed by atoms with Crippen LogP contribution < -0.4 is 10.6 Å². The third-order valence-electron chi connectivity index (χ3n) is 6.95.